The maximum Gasteiger partial charge on any atom is 0.191 e. The fourth-order valence-electron chi connectivity index (χ4n) is 2.41. The predicted molar refractivity (Wildman–Crippen MR) is 96.2 cm³/mol. The van der Waals surface area contributed by atoms with Gasteiger partial charge in [-0.1, -0.05) is 29.3 Å². The van der Waals surface area contributed by atoms with Crippen molar-refractivity contribution < 1.29 is 4.79 Å². The number of hydrogen-bond donors (Lipinski definition) is 0. The van der Waals surface area contributed by atoms with Gasteiger partial charge in [0.05, 0.1) is 21.5 Å². The predicted octanol–water partition coefficient (Wildman–Crippen LogP) is 5.23. The first-order valence-corrected chi connectivity index (χ1v) is 8.77. The van der Waals surface area contributed by atoms with Gasteiger partial charge in [0.2, 0.25) is 0 Å². The second-order valence-corrected chi connectivity index (χ2v) is 7.04. The summed E-state index contributed by atoms with van der Waals surface area (Å²) in [4.78, 5) is 17.9. The van der Waals surface area contributed by atoms with E-state index in [1.807, 2.05) is 48.7 Å². The first kappa shape index (κ1) is 16.4. The van der Waals surface area contributed by atoms with Crippen LogP contribution in [-0.4, -0.2) is 20.9 Å². The monoisotopic (exact) mass is 364 g/mol. The molecule has 3 rings (SSSR count). The van der Waals surface area contributed by atoms with E-state index in [2.05, 4.69) is 4.98 Å². The van der Waals surface area contributed by atoms with Crippen LogP contribution < -0.4 is 0 Å². The summed E-state index contributed by atoms with van der Waals surface area (Å²) in [6.45, 7) is 3.86. The van der Waals surface area contributed by atoms with Crippen LogP contribution in [0.3, 0.4) is 0 Å². The molecular weight excluding hydrogens is 351 g/mol. The lowest BCUT2D eigenvalue weighted by molar-refractivity contribution is 0.101. The number of rotatable bonds is 4. The van der Waals surface area contributed by atoms with E-state index in [-0.39, 0.29) is 11.5 Å². The van der Waals surface area contributed by atoms with Gasteiger partial charge in [0.25, 0.3) is 0 Å². The topological polar surface area (TPSA) is 34.4 Å². The molecule has 0 saturated carbocycles. The molecule has 0 bridgehead atoms. The van der Waals surface area contributed by atoms with E-state index >= 15 is 0 Å². The van der Waals surface area contributed by atoms with Gasteiger partial charge in [-0.25, -0.2) is 4.98 Å². The Morgan fingerprint density at radius 1 is 1.26 bits per heavy atom. The summed E-state index contributed by atoms with van der Waals surface area (Å²) < 4.78 is 1.84. The number of ketones is 1. The molecule has 0 atom stereocenters. The Bertz CT molecular complexity index is 905. The molecule has 1 aromatic carbocycles. The van der Waals surface area contributed by atoms with Crippen molar-refractivity contribution in [3.63, 3.8) is 0 Å². The lowest BCUT2D eigenvalue weighted by Crippen LogP contribution is -2.08. The van der Waals surface area contributed by atoms with Crippen molar-refractivity contribution in [3.8, 4) is 0 Å². The van der Waals surface area contributed by atoms with Crippen LogP contribution >= 0.6 is 35.0 Å². The summed E-state index contributed by atoms with van der Waals surface area (Å²) in [6, 6.07) is 9.34. The Balaban J connectivity index is 1.86. The van der Waals surface area contributed by atoms with E-state index in [1.165, 1.54) is 11.8 Å². The number of nitrogens with zero attached hydrogens (tertiary/aromatic N) is 2. The van der Waals surface area contributed by atoms with E-state index in [9.17, 15) is 4.79 Å². The van der Waals surface area contributed by atoms with Gasteiger partial charge < -0.3 is 0 Å². The number of halogens is 2. The number of aryl methyl sites for hydroxylation is 2. The van der Waals surface area contributed by atoms with Gasteiger partial charge in [0, 0.05) is 11.1 Å². The van der Waals surface area contributed by atoms with Crippen molar-refractivity contribution in [2.45, 2.75) is 18.7 Å². The fourth-order valence-corrected chi connectivity index (χ4v) is 3.76. The lowest BCUT2D eigenvalue weighted by atomic mass is 10.2. The van der Waals surface area contributed by atoms with Crippen LogP contribution in [0.15, 0.2) is 41.4 Å². The molecule has 0 unspecified atom stereocenters. The molecule has 6 heteroatoms. The summed E-state index contributed by atoms with van der Waals surface area (Å²) in [6.07, 6.45) is 1.88. The standard InChI is InChI=1S/C17H14Cl2N2OS/c1-10-6-7-21-15(8-10)20-11(2)17(21)13(22)9-23-14-5-3-4-12(18)16(14)19/h3-8H,9H2,1-2H3. The summed E-state index contributed by atoms with van der Waals surface area (Å²) in [7, 11) is 0. The van der Waals surface area contributed by atoms with Crippen LogP contribution in [-0.2, 0) is 0 Å². The van der Waals surface area contributed by atoms with Crippen molar-refractivity contribution in [2.75, 3.05) is 5.75 Å². The molecule has 0 aliphatic heterocycles. The summed E-state index contributed by atoms with van der Waals surface area (Å²) in [5.41, 5.74) is 3.25. The average molecular weight is 365 g/mol. The third-order valence-electron chi connectivity index (χ3n) is 3.50. The highest BCUT2D eigenvalue weighted by atomic mass is 35.5. The number of hydrogen-bond acceptors (Lipinski definition) is 3. The van der Waals surface area contributed by atoms with Crippen LogP contribution in [0.25, 0.3) is 5.65 Å². The summed E-state index contributed by atoms with van der Waals surface area (Å²) in [5, 5.41) is 0.975. The summed E-state index contributed by atoms with van der Waals surface area (Å²) >= 11 is 13.5. The zero-order valence-corrected chi connectivity index (χ0v) is 15.0. The third kappa shape index (κ3) is 3.25. The van der Waals surface area contributed by atoms with Gasteiger partial charge in [-0.3, -0.25) is 9.20 Å². The molecule has 3 nitrogen and oxygen atoms in total. The largest absolute Gasteiger partial charge is 0.297 e. The zero-order chi connectivity index (χ0) is 16.6. The summed E-state index contributed by atoms with van der Waals surface area (Å²) in [5.74, 6) is 0.294. The molecule has 118 valence electrons. The van der Waals surface area contributed by atoms with Gasteiger partial charge in [0.15, 0.2) is 5.78 Å². The van der Waals surface area contributed by atoms with Crippen molar-refractivity contribution in [1.29, 1.82) is 0 Å². The van der Waals surface area contributed by atoms with Crippen LogP contribution in [0, 0.1) is 13.8 Å². The maximum atomic E-state index is 12.6. The highest BCUT2D eigenvalue weighted by Crippen LogP contribution is 2.33. The molecule has 0 amide bonds. The number of aromatic nitrogens is 2. The van der Waals surface area contributed by atoms with E-state index in [4.69, 9.17) is 23.2 Å². The van der Waals surface area contributed by atoms with Gasteiger partial charge in [-0.15, -0.1) is 11.8 Å². The van der Waals surface area contributed by atoms with E-state index in [1.54, 1.807) is 6.07 Å². The average Bonchev–Trinajstić information content (AvgIpc) is 2.83. The molecule has 0 aliphatic carbocycles. The second kappa shape index (κ2) is 6.56. The fraction of sp³-hybridized carbons (Fsp3) is 0.176. The van der Waals surface area contributed by atoms with Crippen molar-refractivity contribution in [3.05, 3.63) is 63.5 Å². The molecule has 23 heavy (non-hydrogen) atoms. The molecule has 0 aliphatic rings. The molecule has 0 spiro atoms. The molecule has 2 heterocycles. The Morgan fingerprint density at radius 3 is 2.83 bits per heavy atom. The van der Waals surface area contributed by atoms with Crippen LogP contribution in [0.2, 0.25) is 10.0 Å². The van der Waals surface area contributed by atoms with Crippen molar-refractivity contribution in [1.82, 2.24) is 9.38 Å². The highest BCUT2D eigenvalue weighted by Gasteiger charge is 2.17. The Labute approximate surface area is 148 Å². The number of carbonyl (C=O) groups excluding carboxylic acids is 1. The molecule has 0 saturated heterocycles. The Kier molecular flexibility index (Phi) is 4.67. The lowest BCUT2D eigenvalue weighted by Gasteiger charge is -2.06. The number of fused-ring (bicyclic) bond motifs is 1. The third-order valence-corrected chi connectivity index (χ3v) is 5.48. The van der Waals surface area contributed by atoms with Crippen molar-refractivity contribution >= 4 is 46.4 Å². The molecule has 2 aromatic heterocycles. The first-order valence-electron chi connectivity index (χ1n) is 7.02. The quantitative estimate of drug-likeness (QED) is 0.469. The zero-order valence-electron chi connectivity index (χ0n) is 12.6. The minimum Gasteiger partial charge on any atom is -0.297 e. The molecule has 0 N–H and O–H groups in total. The Hall–Kier alpha value is -1.49. The van der Waals surface area contributed by atoms with Crippen molar-refractivity contribution in [2.24, 2.45) is 0 Å². The number of imidazole rings is 1. The highest BCUT2D eigenvalue weighted by molar-refractivity contribution is 8.00. The number of pyridine rings is 1. The normalized spacial score (nSPS) is 11.1. The second-order valence-electron chi connectivity index (χ2n) is 5.24. The smallest absolute Gasteiger partial charge is 0.191 e. The molecule has 0 radical (unpaired) electrons. The minimum absolute atomic E-state index is 0.0138. The van der Waals surface area contributed by atoms with Gasteiger partial charge in [0.1, 0.15) is 11.3 Å². The molecular formula is C17H14Cl2N2OS. The molecule has 3 aromatic rings. The van der Waals surface area contributed by atoms with Crippen LogP contribution in [0.5, 0.6) is 0 Å². The Morgan fingerprint density at radius 2 is 2.04 bits per heavy atom. The molecule has 0 fully saturated rings. The minimum atomic E-state index is 0.0138. The first-order chi connectivity index (χ1) is 11.0. The van der Waals surface area contributed by atoms with Gasteiger partial charge >= 0.3 is 0 Å². The van der Waals surface area contributed by atoms with E-state index in [0.717, 1.165) is 21.8 Å². The van der Waals surface area contributed by atoms with E-state index < -0.39 is 0 Å². The number of thioether (sulfide) groups is 1. The van der Waals surface area contributed by atoms with E-state index in [0.29, 0.717) is 15.7 Å². The number of benzene rings is 1. The number of Topliss-reactive ketones (excluding diaryl/α,β-unsaturated/α-hetero) is 1. The van der Waals surface area contributed by atoms with Gasteiger partial charge in [-0.05, 0) is 43.7 Å². The van der Waals surface area contributed by atoms with Crippen LogP contribution in [0.4, 0.5) is 0 Å². The van der Waals surface area contributed by atoms with Gasteiger partial charge in [-0.2, -0.15) is 0 Å². The SMILES string of the molecule is Cc1ccn2c(C(=O)CSc3cccc(Cl)c3Cl)c(C)nc2c1. The van der Waals surface area contributed by atoms with Crippen LogP contribution in [0.1, 0.15) is 21.7 Å². The maximum absolute atomic E-state index is 12.6. The number of carbonyl (C=O) groups is 1.